The summed E-state index contributed by atoms with van der Waals surface area (Å²) in [6, 6.07) is 11.5. The van der Waals surface area contributed by atoms with E-state index in [-0.39, 0.29) is 0 Å². The van der Waals surface area contributed by atoms with Crippen molar-refractivity contribution in [2.24, 2.45) is 10.9 Å². The van der Waals surface area contributed by atoms with E-state index in [0.717, 1.165) is 38.1 Å². The van der Waals surface area contributed by atoms with Crippen LogP contribution in [0.4, 0.5) is 0 Å². The van der Waals surface area contributed by atoms with Gasteiger partial charge in [-0.25, -0.2) is 0 Å². The Morgan fingerprint density at radius 3 is 2.64 bits per heavy atom. The van der Waals surface area contributed by atoms with Crippen LogP contribution >= 0.6 is 0 Å². The van der Waals surface area contributed by atoms with Crippen LogP contribution in [0.15, 0.2) is 35.3 Å². The maximum atomic E-state index is 4.61. The Morgan fingerprint density at radius 1 is 1.04 bits per heavy atom. The molecule has 28 heavy (non-hydrogen) atoms. The molecular formula is C23H37N5. The molecule has 3 heterocycles. The van der Waals surface area contributed by atoms with Gasteiger partial charge in [-0.1, -0.05) is 30.3 Å². The van der Waals surface area contributed by atoms with E-state index >= 15 is 0 Å². The second kappa shape index (κ2) is 9.75. The lowest BCUT2D eigenvalue weighted by Gasteiger charge is -2.28. The van der Waals surface area contributed by atoms with Crippen LogP contribution in [0.5, 0.6) is 0 Å². The number of hydrogen-bond acceptors (Lipinski definition) is 3. The van der Waals surface area contributed by atoms with E-state index in [4.69, 9.17) is 0 Å². The third-order valence-corrected chi connectivity index (χ3v) is 6.74. The Labute approximate surface area is 170 Å². The highest BCUT2D eigenvalue weighted by Gasteiger charge is 2.29. The lowest BCUT2D eigenvalue weighted by molar-refractivity contribution is 0.243. The van der Waals surface area contributed by atoms with Crippen LogP contribution in [-0.2, 0) is 6.54 Å². The van der Waals surface area contributed by atoms with Gasteiger partial charge in [-0.05, 0) is 63.2 Å². The van der Waals surface area contributed by atoms with Crippen LogP contribution in [0, 0.1) is 5.92 Å². The maximum absolute atomic E-state index is 4.61. The Hall–Kier alpha value is -1.59. The molecular weight excluding hydrogens is 346 g/mol. The van der Waals surface area contributed by atoms with E-state index in [9.17, 15) is 0 Å². The predicted octanol–water partition coefficient (Wildman–Crippen LogP) is 2.64. The molecule has 2 unspecified atom stereocenters. The molecule has 0 bridgehead atoms. The molecule has 3 aliphatic heterocycles. The highest BCUT2D eigenvalue weighted by atomic mass is 15.3. The number of benzene rings is 1. The number of aliphatic imine (C=N–C) groups is 1. The average Bonchev–Trinajstić information content (AvgIpc) is 3.47. The minimum Gasteiger partial charge on any atom is -0.355 e. The molecule has 5 heteroatoms. The number of hydrogen-bond donors (Lipinski definition) is 1. The molecule has 0 amide bonds. The Balaban J connectivity index is 1.24. The normalized spacial score (nSPS) is 27.0. The summed E-state index contributed by atoms with van der Waals surface area (Å²) in [6.07, 6.45) is 6.68. The van der Waals surface area contributed by atoms with E-state index < -0.39 is 0 Å². The molecule has 3 aliphatic rings. The second-order valence-corrected chi connectivity index (χ2v) is 8.79. The van der Waals surface area contributed by atoms with E-state index in [0.29, 0.717) is 6.04 Å². The molecule has 1 aromatic carbocycles. The van der Waals surface area contributed by atoms with Crippen molar-refractivity contribution in [1.29, 1.82) is 0 Å². The van der Waals surface area contributed by atoms with Crippen molar-refractivity contribution < 1.29 is 0 Å². The zero-order chi connectivity index (χ0) is 19.2. The van der Waals surface area contributed by atoms with Crippen LogP contribution < -0.4 is 5.32 Å². The van der Waals surface area contributed by atoms with Gasteiger partial charge >= 0.3 is 0 Å². The first-order chi connectivity index (χ1) is 13.8. The second-order valence-electron chi connectivity index (χ2n) is 8.79. The first kappa shape index (κ1) is 19.7. The largest absolute Gasteiger partial charge is 0.355 e. The zero-order valence-electron chi connectivity index (χ0n) is 17.5. The molecule has 5 nitrogen and oxygen atoms in total. The van der Waals surface area contributed by atoms with Gasteiger partial charge in [0.05, 0.1) is 0 Å². The van der Waals surface area contributed by atoms with Crippen molar-refractivity contribution in [2.45, 2.75) is 44.7 Å². The summed E-state index contributed by atoms with van der Waals surface area (Å²) in [6.45, 7) is 9.48. The van der Waals surface area contributed by atoms with E-state index in [1.165, 1.54) is 63.8 Å². The van der Waals surface area contributed by atoms with Crippen LogP contribution in [0.3, 0.4) is 0 Å². The van der Waals surface area contributed by atoms with Gasteiger partial charge in [0.2, 0.25) is 0 Å². The minimum absolute atomic E-state index is 0.611. The summed E-state index contributed by atoms with van der Waals surface area (Å²) in [5, 5.41) is 3.70. The molecule has 4 rings (SSSR count). The summed E-state index contributed by atoms with van der Waals surface area (Å²) >= 11 is 0. The van der Waals surface area contributed by atoms with Crippen molar-refractivity contribution in [2.75, 3.05) is 52.9 Å². The summed E-state index contributed by atoms with van der Waals surface area (Å²) in [7, 11) is 1.94. The van der Waals surface area contributed by atoms with Gasteiger partial charge in [0, 0.05) is 45.8 Å². The SMILES string of the molecule is CN=C(NCC1CCCN1Cc1ccccc1)N1CCC(CN2CCCC2)C1. The van der Waals surface area contributed by atoms with E-state index in [2.05, 4.69) is 55.3 Å². The number of guanidine groups is 1. The van der Waals surface area contributed by atoms with Gasteiger partial charge in [0.1, 0.15) is 0 Å². The topological polar surface area (TPSA) is 34.1 Å². The van der Waals surface area contributed by atoms with Crippen LogP contribution in [-0.4, -0.2) is 79.6 Å². The first-order valence-electron chi connectivity index (χ1n) is 11.3. The highest BCUT2D eigenvalue weighted by Crippen LogP contribution is 2.21. The number of likely N-dealkylation sites (tertiary alicyclic amines) is 3. The standard InChI is InChI=1S/C23H37N5/c1-24-23(28-15-11-21(19-28)17-26-12-5-6-13-26)25-16-22-10-7-14-27(22)18-20-8-3-2-4-9-20/h2-4,8-9,21-22H,5-7,10-19H2,1H3,(H,24,25). The fourth-order valence-electron chi connectivity index (χ4n) is 5.20. The third kappa shape index (κ3) is 5.06. The summed E-state index contributed by atoms with van der Waals surface area (Å²) < 4.78 is 0. The average molecular weight is 384 g/mol. The number of nitrogens with zero attached hydrogens (tertiary/aromatic N) is 4. The van der Waals surface area contributed by atoms with Gasteiger partial charge < -0.3 is 15.1 Å². The van der Waals surface area contributed by atoms with Crippen molar-refractivity contribution in [3.05, 3.63) is 35.9 Å². The molecule has 3 fully saturated rings. The molecule has 0 saturated carbocycles. The van der Waals surface area contributed by atoms with Gasteiger partial charge in [-0.2, -0.15) is 0 Å². The monoisotopic (exact) mass is 383 g/mol. The van der Waals surface area contributed by atoms with Crippen molar-refractivity contribution in [3.63, 3.8) is 0 Å². The number of nitrogens with one attached hydrogen (secondary N) is 1. The third-order valence-electron chi connectivity index (χ3n) is 6.74. The Bertz CT molecular complexity index is 625. The molecule has 0 spiro atoms. The Morgan fingerprint density at radius 2 is 1.86 bits per heavy atom. The van der Waals surface area contributed by atoms with Crippen molar-refractivity contribution >= 4 is 5.96 Å². The molecule has 0 aromatic heterocycles. The summed E-state index contributed by atoms with van der Waals surface area (Å²) in [4.78, 5) is 12.4. The van der Waals surface area contributed by atoms with Crippen molar-refractivity contribution in [3.8, 4) is 0 Å². The van der Waals surface area contributed by atoms with Gasteiger partial charge in [0.25, 0.3) is 0 Å². The molecule has 154 valence electrons. The van der Waals surface area contributed by atoms with Crippen LogP contribution in [0.2, 0.25) is 0 Å². The van der Waals surface area contributed by atoms with Gasteiger partial charge in [-0.15, -0.1) is 0 Å². The smallest absolute Gasteiger partial charge is 0.193 e. The lowest BCUT2D eigenvalue weighted by Crippen LogP contribution is -2.46. The lowest BCUT2D eigenvalue weighted by atomic mass is 10.1. The summed E-state index contributed by atoms with van der Waals surface area (Å²) in [5.41, 5.74) is 1.42. The molecule has 0 aliphatic carbocycles. The highest BCUT2D eigenvalue weighted by molar-refractivity contribution is 5.80. The van der Waals surface area contributed by atoms with Gasteiger partial charge in [0.15, 0.2) is 5.96 Å². The van der Waals surface area contributed by atoms with Crippen molar-refractivity contribution in [1.82, 2.24) is 20.0 Å². The van der Waals surface area contributed by atoms with E-state index in [1.807, 2.05) is 7.05 Å². The fourth-order valence-corrected chi connectivity index (χ4v) is 5.20. The van der Waals surface area contributed by atoms with Crippen LogP contribution in [0.1, 0.15) is 37.7 Å². The first-order valence-corrected chi connectivity index (χ1v) is 11.3. The molecule has 2 atom stereocenters. The predicted molar refractivity (Wildman–Crippen MR) is 117 cm³/mol. The summed E-state index contributed by atoms with van der Waals surface area (Å²) in [5.74, 6) is 1.91. The quantitative estimate of drug-likeness (QED) is 0.605. The van der Waals surface area contributed by atoms with Gasteiger partial charge in [-0.3, -0.25) is 9.89 Å². The zero-order valence-corrected chi connectivity index (χ0v) is 17.5. The van der Waals surface area contributed by atoms with E-state index in [1.54, 1.807) is 0 Å². The number of rotatable bonds is 6. The fraction of sp³-hybridized carbons (Fsp3) is 0.696. The minimum atomic E-state index is 0.611. The molecule has 0 radical (unpaired) electrons. The molecule has 1 N–H and O–H groups in total. The molecule has 1 aromatic rings. The van der Waals surface area contributed by atoms with Crippen LogP contribution in [0.25, 0.3) is 0 Å². The Kier molecular flexibility index (Phi) is 6.86. The maximum Gasteiger partial charge on any atom is 0.193 e. The molecule has 3 saturated heterocycles.